The molecule has 0 saturated heterocycles. The van der Waals surface area contributed by atoms with Gasteiger partial charge in [-0.25, -0.2) is 15.4 Å². The molecule has 0 saturated carbocycles. The quantitative estimate of drug-likeness (QED) is 0.593. The van der Waals surface area contributed by atoms with Gasteiger partial charge in [0.25, 0.3) is 0 Å². The van der Waals surface area contributed by atoms with Gasteiger partial charge in [0.15, 0.2) is 5.82 Å². The highest BCUT2D eigenvalue weighted by Crippen LogP contribution is 2.31. The fraction of sp³-hybridized carbons (Fsp3) is 0.0769. The number of anilines is 2. The average Bonchev–Trinajstić information content (AvgIpc) is 3.04. The topological polar surface area (TPSA) is 73.4 Å². The minimum atomic E-state index is 0.497. The molecule has 0 fully saturated rings. The van der Waals surface area contributed by atoms with Crippen molar-refractivity contribution in [3.8, 4) is 0 Å². The predicted octanol–water partition coefficient (Wildman–Crippen LogP) is 3.99. The monoisotopic (exact) mass is 388 g/mol. The Balaban J connectivity index is 1.75. The first-order valence-electron chi connectivity index (χ1n) is 6.45. The van der Waals surface area contributed by atoms with Crippen LogP contribution < -0.4 is 20.9 Å². The molecule has 0 bridgehead atoms. The Morgan fingerprint density at radius 2 is 2.00 bits per heavy atom. The summed E-state index contributed by atoms with van der Waals surface area (Å²) in [7, 11) is 0. The Morgan fingerprint density at radius 3 is 2.74 bits per heavy atom. The van der Waals surface area contributed by atoms with Crippen LogP contribution in [0.25, 0.3) is 0 Å². The van der Waals surface area contributed by atoms with Gasteiger partial charge in [0.1, 0.15) is 6.67 Å². The Morgan fingerprint density at radius 1 is 1.13 bits per heavy atom. The van der Waals surface area contributed by atoms with Crippen LogP contribution in [0.2, 0.25) is 15.1 Å². The maximum Gasteiger partial charge on any atom is 0.213 e. The first-order chi connectivity index (χ1) is 11.1. The summed E-state index contributed by atoms with van der Waals surface area (Å²) in [5.41, 5.74) is 6.47. The van der Waals surface area contributed by atoms with Crippen molar-refractivity contribution in [1.82, 2.24) is 15.8 Å². The average molecular weight is 390 g/mol. The lowest BCUT2D eigenvalue weighted by atomic mass is 10.4. The summed E-state index contributed by atoms with van der Waals surface area (Å²) < 4.78 is 3.19. The molecule has 3 rings (SSSR count). The smallest absolute Gasteiger partial charge is 0.213 e. The van der Waals surface area contributed by atoms with E-state index in [1.807, 2.05) is 6.07 Å². The molecule has 0 atom stereocenters. The standard InChI is InChI=1S/C13H11Cl3N6S/c14-7-3-11(12(17-5-7)20-13-18-6-19-21-13)22-23-8-1-2-9(15)10(16)4-8/h1-5,19,22H,6H2,(H2,17,18,20,21). The highest BCUT2D eigenvalue weighted by atomic mass is 35.5. The second-order valence-electron chi connectivity index (χ2n) is 4.42. The van der Waals surface area contributed by atoms with E-state index < -0.39 is 0 Å². The minimum absolute atomic E-state index is 0.497. The molecule has 10 heteroatoms. The van der Waals surface area contributed by atoms with Crippen molar-refractivity contribution in [3.05, 3.63) is 45.5 Å². The molecule has 120 valence electrons. The van der Waals surface area contributed by atoms with E-state index in [1.165, 1.54) is 11.9 Å². The van der Waals surface area contributed by atoms with Gasteiger partial charge in [-0.1, -0.05) is 34.8 Å². The third kappa shape index (κ3) is 4.33. The van der Waals surface area contributed by atoms with E-state index in [2.05, 4.69) is 30.9 Å². The van der Waals surface area contributed by atoms with Gasteiger partial charge >= 0.3 is 0 Å². The molecule has 0 unspecified atom stereocenters. The second kappa shape index (κ2) is 7.46. The van der Waals surface area contributed by atoms with Crippen LogP contribution >= 0.6 is 46.8 Å². The highest BCUT2D eigenvalue weighted by Gasteiger charge is 2.11. The summed E-state index contributed by atoms with van der Waals surface area (Å²) in [6.07, 6.45) is 1.56. The molecule has 6 nitrogen and oxygen atoms in total. The molecule has 0 aliphatic carbocycles. The van der Waals surface area contributed by atoms with Crippen LogP contribution in [0.15, 0.2) is 40.4 Å². The molecule has 1 aromatic carbocycles. The zero-order valence-electron chi connectivity index (χ0n) is 11.5. The van der Waals surface area contributed by atoms with Crippen molar-refractivity contribution < 1.29 is 0 Å². The number of hydrogen-bond donors (Lipinski definition) is 4. The van der Waals surface area contributed by atoms with Crippen molar-refractivity contribution in [2.45, 2.75) is 4.90 Å². The van der Waals surface area contributed by atoms with Crippen LogP contribution in [0.4, 0.5) is 11.5 Å². The number of hydrogen-bond acceptors (Lipinski definition) is 7. The van der Waals surface area contributed by atoms with Crippen LogP contribution in [0.1, 0.15) is 0 Å². The van der Waals surface area contributed by atoms with Crippen LogP contribution in [0.5, 0.6) is 0 Å². The molecule has 0 amide bonds. The number of guanidine groups is 1. The molecule has 4 N–H and O–H groups in total. The highest BCUT2D eigenvalue weighted by molar-refractivity contribution is 8.00. The van der Waals surface area contributed by atoms with E-state index in [9.17, 15) is 0 Å². The molecule has 0 spiro atoms. The van der Waals surface area contributed by atoms with Gasteiger partial charge in [0.2, 0.25) is 5.96 Å². The summed E-state index contributed by atoms with van der Waals surface area (Å²) in [5, 5.41) is 4.61. The molecule has 2 aromatic rings. The zero-order chi connectivity index (χ0) is 16.2. The largest absolute Gasteiger partial charge is 0.322 e. The maximum absolute atomic E-state index is 6.02. The van der Waals surface area contributed by atoms with Crippen LogP contribution in [-0.4, -0.2) is 17.6 Å². The molecular weight excluding hydrogens is 379 g/mol. The molecule has 23 heavy (non-hydrogen) atoms. The van der Waals surface area contributed by atoms with Gasteiger partial charge in [-0.05, 0) is 36.2 Å². The predicted molar refractivity (Wildman–Crippen MR) is 97.4 cm³/mol. The first kappa shape index (κ1) is 16.5. The van der Waals surface area contributed by atoms with E-state index in [0.29, 0.717) is 39.2 Å². The molecular formula is C13H11Cl3N6S. The maximum atomic E-state index is 6.02. The van der Waals surface area contributed by atoms with Crippen molar-refractivity contribution in [2.24, 2.45) is 4.99 Å². The van der Waals surface area contributed by atoms with E-state index in [0.717, 1.165) is 4.90 Å². The lowest BCUT2D eigenvalue weighted by Crippen LogP contribution is -2.34. The Kier molecular flexibility index (Phi) is 5.34. The van der Waals surface area contributed by atoms with Crippen molar-refractivity contribution in [1.29, 1.82) is 0 Å². The van der Waals surface area contributed by atoms with Crippen LogP contribution in [0, 0.1) is 0 Å². The van der Waals surface area contributed by atoms with Gasteiger partial charge in [0.05, 0.1) is 20.8 Å². The number of hydrazine groups is 1. The number of nitrogens with zero attached hydrogens (tertiary/aromatic N) is 2. The number of benzene rings is 1. The van der Waals surface area contributed by atoms with E-state index in [-0.39, 0.29) is 0 Å². The van der Waals surface area contributed by atoms with E-state index >= 15 is 0 Å². The van der Waals surface area contributed by atoms with Crippen molar-refractivity contribution in [2.75, 3.05) is 16.7 Å². The van der Waals surface area contributed by atoms with E-state index in [1.54, 1.807) is 24.4 Å². The Hall–Kier alpha value is -1.38. The number of nitrogens with one attached hydrogen (secondary N) is 4. The fourth-order valence-electron chi connectivity index (χ4n) is 1.74. The van der Waals surface area contributed by atoms with E-state index in [4.69, 9.17) is 34.8 Å². The number of halogens is 3. The number of pyridine rings is 1. The van der Waals surface area contributed by atoms with Crippen LogP contribution in [0.3, 0.4) is 0 Å². The first-order valence-corrected chi connectivity index (χ1v) is 8.40. The summed E-state index contributed by atoms with van der Waals surface area (Å²) in [4.78, 5) is 9.35. The van der Waals surface area contributed by atoms with Gasteiger partial charge in [0, 0.05) is 11.1 Å². The third-order valence-corrected chi connectivity index (χ3v) is 4.54. The third-order valence-electron chi connectivity index (χ3n) is 2.78. The zero-order valence-corrected chi connectivity index (χ0v) is 14.6. The van der Waals surface area contributed by atoms with Crippen LogP contribution in [-0.2, 0) is 0 Å². The van der Waals surface area contributed by atoms with Gasteiger partial charge in [-0.15, -0.1) is 0 Å². The molecule has 2 heterocycles. The summed E-state index contributed by atoms with van der Waals surface area (Å²) in [5.74, 6) is 1.18. The summed E-state index contributed by atoms with van der Waals surface area (Å²) in [6.45, 7) is 0.497. The lowest BCUT2D eigenvalue weighted by molar-refractivity contribution is 0.727. The SMILES string of the molecule is Clc1cnc(NC2=NCNN2)c(NSc2ccc(Cl)c(Cl)c2)c1. The number of rotatable bonds is 4. The molecule has 0 radical (unpaired) electrons. The Labute approximate surface area is 152 Å². The lowest BCUT2D eigenvalue weighted by Gasteiger charge is -2.12. The molecule has 1 aliphatic rings. The number of aromatic nitrogens is 1. The Bertz CT molecular complexity index is 754. The molecule has 1 aromatic heterocycles. The van der Waals surface area contributed by atoms with Crippen molar-refractivity contribution in [3.63, 3.8) is 0 Å². The van der Waals surface area contributed by atoms with Gasteiger partial charge < -0.3 is 10.0 Å². The minimum Gasteiger partial charge on any atom is -0.322 e. The summed E-state index contributed by atoms with van der Waals surface area (Å²) in [6, 6.07) is 7.15. The second-order valence-corrected chi connectivity index (χ2v) is 6.55. The normalized spacial score (nSPS) is 13.4. The van der Waals surface area contributed by atoms with Gasteiger partial charge in [-0.2, -0.15) is 0 Å². The van der Waals surface area contributed by atoms with Crippen molar-refractivity contribution >= 4 is 64.2 Å². The summed E-state index contributed by atoms with van der Waals surface area (Å²) >= 11 is 19.3. The molecule has 1 aliphatic heterocycles. The van der Waals surface area contributed by atoms with Gasteiger partial charge in [-0.3, -0.25) is 5.43 Å². The fourth-order valence-corrected chi connectivity index (χ4v) is 2.95. The number of aliphatic imine (C=N–C) groups is 1.